The molecule has 0 radical (unpaired) electrons. The van der Waals surface area contributed by atoms with E-state index in [1.165, 1.54) is 17.8 Å². The molecule has 0 aromatic heterocycles. The van der Waals surface area contributed by atoms with Crippen LogP contribution in [0.4, 0.5) is 9.18 Å². The molecule has 1 saturated heterocycles. The molecule has 6 nitrogen and oxygen atoms in total. The number of aliphatic hydroxyl groups is 1. The Labute approximate surface area is 162 Å². The van der Waals surface area contributed by atoms with E-state index in [0.717, 1.165) is 0 Å². The third kappa shape index (κ3) is 4.44. The maximum absolute atomic E-state index is 14.7. The van der Waals surface area contributed by atoms with Crippen molar-refractivity contribution in [2.45, 2.75) is 44.4 Å². The van der Waals surface area contributed by atoms with Crippen molar-refractivity contribution in [1.29, 1.82) is 0 Å². The minimum atomic E-state index is -0.896. The molecule has 2 heterocycles. The van der Waals surface area contributed by atoms with Gasteiger partial charge in [-0.3, -0.25) is 10.3 Å². The highest BCUT2D eigenvalue weighted by Gasteiger charge is 2.49. The van der Waals surface area contributed by atoms with E-state index in [4.69, 9.17) is 14.5 Å². The Bertz CT molecular complexity index is 737. The van der Waals surface area contributed by atoms with E-state index in [0.29, 0.717) is 29.5 Å². The molecule has 2 aliphatic rings. The number of ether oxygens (including phenoxy) is 2. The summed E-state index contributed by atoms with van der Waals surface area (Å²) in [5, 5.41) is 12.7. The maximum atomic E-state index is 14.7. The number of benzene rings is 1. The van der Waals surface area contributed by atoms with Crippen molar-refractivity contribution < 1.29 is 23.8 Å². The summed E-state index contributed by atoms with van der Waals surface area (Å²) in [6, 6.07) is 6.52. The van der Waals surface area contributed by atoms with Gasteiger partial charge in [-0.05, 0) is 26.8 Å². The summed E-state index contributed by atoms with van der Waals surface area (Å²) < 4.78 is 25.7. The van der Waals surface area contributed by atoms with Crippen molar-refractivity contribution >= 4 is 23.0 Å². The summed E-state index contributed by atoms with van der Waals surface area (Å²) in [6.45, 7) is 5.55. The lowest BCUT2D eigenvalue weighted by molar-refractivity contribution is -0.0744. The molecule has 1 fully saturated rings. The van der Waals surface area contributed by atoms with Crippen LogP contribution in [0.2, 0.25) is 0 Å². The van der Waals surface area contributed by atoms with Gasteiger partial charge >= 0.3 is 6.09 Å². The molecule has 0 bridgehead atoms. The average molecular weight is 396 g/mol. The first-order valence-corrected chi connectivity index (χ1v) is 9.92. The van der Waals surface area contributed by atoms with Gasteiger partial charge in [0.05, 0.1) is 24.9 Å². The van der Waals surface area contributed by atoms with E-state index in [9.17, 15) is 14.3 Å². The van der Waals surface area contributed by atoms with Gasteiger partial charge in [0.15, 0.2) is 5.17 Å². The number of nitrogens with zero attached hydrogens (tertiary/aromatic N) is 1. The van der Waals surface area contributed by atoms with Crippen LogP contribution >= 0.6 is 11.8 Å². The smallest absolute Gasteiger partial charge is 0.413 e. The van der Waals surface area contributed by atoms with E-state index in [1.54, 1.807) is 39.0 Å². The zero-order valence-electron chi connectivity index (χ0n) is 15.7. The molecule has 27 heavy (non-hydrogen) atoms. The lowest BCUT2D eigenvalue weighted by atomic mass is 9.73. The number of nitrogens with one attached hydrogen (secondary N) is 1. The summed E-state index contributed by atoms with van der Waals surface area (Å²) in [7, 11) is 0. The fourth-order valence-electron chi connectivity index (χ4n) is 3.45. The van der Waals surface area contributed by atoms with Gasteiger partial charge in [-0.25, -0.2) is 9.18 Å². The lowest BCUT2D eigenvalue weighted by Gasteiger charge is -2.46. The number of hydrogen-bond donors (Lipinski definition) is 2. The fraction of sp³-hybridized carbons (Fsp3) is 0.579. The molecular formula is C19H25FN2O4S. The number of thioether (sulfide) groups is 1. The monoisotopic (exact) mass is 396 g/mol. The minimum absolute atomic E-state index is 0.0635. The number of amidine groups is 1. The molecule has 1 aromatic rings. The highest BCUT2D eigenvalue weighted by molar-refractivity contribution is 8.13. The third-order valence-electron chi connectivity index (χ3n) is 4.62. The Hall–Kier alpha value is -1.64. The van der Waals surface area contributed by atoms with Gasteiger partial charge in [0.2, 0.25) is 0 Å². The highest BCUT2D eigenvalue weighted by atomic mass is 32.2. The largest absolute Gasteiger partial charge is 0.444 e. The first kappa shape index (κ1) is 20.1. The summed E-state index contributed by atoms with van der Waals surface area (Å²) in [6.07, 6.45) is -0.688. The second-order valence-corrected chi connectivity index (χ2v) is 8.81. The number of aliphatic imine (C=N–C) groups is 1. The van der Waals surface area contributed by atoms with Crippen molar-refractivity contribution in [2.75, 3.05) is 19.0 Å². The van der Waals surface area contributed by atoms with Crippen LogP contribution in [0.3, 0.4) is 0 Å². The third-order valence-corrected chi connectivity index (χ3v) is 5.66. The van der Waals surface area contributed by atoms with E-state index >= 15 is 0 Å². The molecule has 1 aromatic carbocycles. The van der Waals surface area contributed by atoms with Gasteiger partial charge in [-0.1, -0.05) is 30.0 Å². The molecule has 0 aliphatic carbocycles. The second kappa shape index (κ2) is 7.77. The van der Waals surface area contributed by atoms with Crippen LogP contribution in [0.5, 0.6) is 0 Å². The lowest BCUT2D eigenvalue weighted by Crippen LogP contribution is -2.51. The summed E-state index contributed by atoms with van der Waals surface area (Å²) >= 11 is 1.38. The minimum Gasteiger partial charge on any atom is -0.444 e. The first-order chi connectivity index (χ1) is 12.7. The highest BCUT2D eigenvalue weighted by Crippen LogP contribution is 2.47. The number of carbonyl (C=O) groups is 1. The molecule has 8 heteroatoms. The second-order valence-electron chi connectivity index (χ2n) is 7.80. The van der Waals surface area contributed by atoms with Crippen LogP contribution in [0.25, 0.3) is 0 Å². The summed E-state index contributed by atoms with van der Waals surface area (Å²) in [5.74, 6) is 0.195. The molecule has 0 saturated carbocycles. The fourth-order valence-corrected chi connectivity index (χ4v) is 4.57. The Kier molecular flexibility index (Phi) is 5.79. The molecular weight excluding hydrogens is 371 g/mol. The molecule has 0 unspecified atom stereocenters. The predicted molar refractivity (Wildman–Crippen MR) is 102 cm³/mol. The van der Waals surface area contributed by atoms with Gasteiger partial charge in [-0.2, -0.15) is 0 Å². The average Bonchev–Trinajstić information content (AvgIpc) is 2.59. The number of aliphatic hydroxyl groups excluding tert-OH is 1. The van der Waals surface area contributed by atoms with Gasteiger partial charge in [0.25, 0.3) is 0 Å². The molecule has 0 spiro atoms. The SMILES string of the molecule is CC(C)(C)OC(=O)NC1=N[C@@]2(c3ccccc3F)C[C@H](CO)OC[C@H]2CS1. The van der Waals surface area contributed by atoms with Crippen LogP contribution in [-0.4, -0.2) is 47.0 Å². The van der Waals surface area contributed by atoms with Crippen LogP contribution in [-0.2, 0) is 15.0 Å². The zero-order chi connectivity index (χ0) is 19.7. The van der Waals surface area contributed by atoms with Crippen LogP contribution in [0, 0.1) is 11.7 Å². The molecule has 2 aliphatic heterocycles. The zero-order valence-corrected chi connectivity index (χ0v) is 16.5. The van der Waals surface area contributed by atoms with Gasteiger partial charge < -0.3 is 14.6 Å². The number of hydrogen-bond acceptors (Lipinski definition) is 6. The normalized spacial score (nSPS) is 28.1. The standard InChI is InChI=1S/C19H25FN2O4S/c1-18(2,3)26-17(24)21-16-22-19(14-6-4-5-7-15(14)20)8-13(9-23)25-10-12(19)11-27-16/h4-7,12-13,23H,8-11H2,1-3H3,(H,21,22,24)/t12-,13+,19-/m0/s1. The number of amides is 1. The Morgan fingerprint density at radius 2 is 2.22 bits per heavy atom. The van der Waals surface area contributed by atoms with Gasteiger partial charge in [0, 0.05) is 23.7 Å². The van der Waals surface area contributed by atoms with E-state index in [1.807, 2.05) is 0 Å². The molecule has 3 atom stereocenters. The summed E-state index contributed by atoms with van der Waals surface area (Å²) in [5.41, 5.74) is -1.07. The van der Waals surface area contributed by atoms with Crippen molar-refractivity contribution in [2.24, 2.45) is 10.9 Å². The number of halogens is 1. The quantitative estimate of drug-likeness (QED) is 0.803. The van der Waals surface area contributed by atoms with E-state index in [2.05, 4.69) is 5.32 Å². The Morgan fingerprint density at radius 3 is 2.89 bits per heavy atom. The van der Waals surface area contributed by atoms with Crippen LogP contribution < -0.4 is 5.32 Å². The Morgan fingerprint density at radius 1 is 1.48 bits per heavy atom. The van der Waals surface area contributed by atoms with Crippen molar-refractivity contribution in [1.82, 2.24) is 5.32 Å². The Balaban J connectivity index is 1.96. The van der Waals surface area contributed by atoms with Gasteiger partial charge in [0.1, 0.15) is 11.4 Å². The number of rotatable bonds is 2. The predicted octanol–water partition coefficient (Wildman–Crippen LogP) is 3.05. The number of fused-ring (bicyclic) bond motifs is 1. The van der Waals surface area contributed by atoms with Crippen molar-refractivity contribution in [3.63, 3.8) is 0 Å². The molecule has 1 amide bonds. The van der Waals surface area contributed by atoms with Crippen molar-refractivity contribution in [3.8, 4) is 0 Å². The maximum Gasteiger partial charge on any atom is 0.413 e. The summed E-state index contributed by atoms with van der Waals surface area (Å²) in [4.78, 5) is 16.9. The molecule has 2 N–H and O–H groups in total. The van der Waals surface area contributed by atoms with Crippen LogP contribution in [0.15, 0.2) is 29.3 Å². The number of carbonyl (C=O) groups excluding carboxylic acids is 1. The molecule has 3 rings (SSSR count). The van der Waals surface area contributed by atoms with E-state index < -0.39 is 23.3 Å². The van der Waals surface area contributed by atoms with Crippen molar-refractivity contribution in [3.05, 3.63) is 35.6 Å². The van der Waals surface area contributed by atoms with Crippen LogP contribution in [0.1, 0.15) is 32.8 Å². The molecule has 148 valence electrons. The number of alkyl carbamates (subject to hydrolysis) is 1. The van der Waals surface area contributed by atoms with Gasteiger partial charge in [-0.15, -0.1) is 0 Å². The topological polar surface area (TPSA) is 80.2 Å². The van der Waals surface area contributed by atoms with E-state index in [-0.39, 0.29) is 18.3 Å². The first-order valence-electron chi connectivity index (χ1n) is 8.93.